The van der Waals surface area contributed by atoms with Crippen molar-refractivity contribution in [1.29, 1.82) is 0 Å². The Morgan fingerprint density at radius 3 is 2.48 bits per heavy atom. The van der Waals surface area contributed by atoms with Gasteiger partial charge in [-0.1, -0.05) is 48.0 Å². The predicted molar refractivity (Wildman–Crippen MR) is 100 cm³/mol. The molecule has 0 unspecified atom stereocenters. The highest BCUT2D eigenvalue weighted by Gasteiger charge is 2.38. The van der Waals surface area contributed by atoms with Gasteiger partial charge in [-0.05, 0) is 42.8 Å². The Balaban J connectivity index is 2.21. The molecule has 0 spiro atoms. The third-order valence-electron chi connectivity index (χ3n) is 4.40. The second-order valence-electron chi connectivity index (χ2n) is 6.09. The van der Waals surface area contributed by atoms with Gasteiger partial charge in [-0.2, -0.15) is 0 Å². The van der Waals surface area contributed by atoms with Gasteiger partial charge >= 0.3 is 0 Å². The summed E-state index contributed by atoms with van der Waals surface area (Å²) in [4.78, 5) is 4.50. The van der Waals surface area contributed by atoms with Gasteiger partial charge < -0.3 is 9.84 Å². The van der Waals surface area contributed by atoms with Crippen LogP contribution in [-0.4, -0.2) is 17.2 Å². The number of methoxy groups -OCH3 is 1. The topological polar surface area (TPSA) is 42.4 Å². The van der Waals surface area contributed by atoms with Crippen molar-refractivity contribution < 1.29 is 9.84 Å². The number of hydrogen-bond acceptors (Lipinski definition) is 3. The lowest BCUT2D eigenvalue weighted by molar-refractivity contribution is 0.0373. The first-order valence-corrected chi connectivity index (χ1v) is 8.44. The lowest BCUT2D eigenvalue weighted by Crippen LogP contribution is -2.32. The Kier molecular flexibility index (Phi) is 5.07. The third-order valence-corrected chi connectivity index (χ3v) is 4.64. The molecule has 2 aromatic carbocycles. The summed E-state index contributed by atoms with van der Waals surface area (Å²) in [7, 11) is 1.63. The lowest BCUT2D eigenvalue weighted by atomic mass is 9.76. The number of pyridine rings is 1. The van der Waals surface area contributed by atoms with Crippen molar-refractivity contribution in [3.05, 3.63) is 94.8 Å². The fourth-order valence-electron chi connectivity index (χ4n) is 3.17. The van der Waals surface area contributed by atoms with Crippen LogP contribution in [0, 0.1) is 0 Å². The van der Waals surface area contributed by atoms with E-state index in [1.807, 2.05) is 54.6 Å². The summed E-state index contributed by atoms with van der Waals surface area (Å²) in [5.41, 5.74) is 1.13. The molecule has 0 aliphatic rings. The Bertz CT molecular complexity index is 849. The molecule has 25 heavy (non-hydrogen) atoms. The van der Waals surface area contributed by atoms with Gasteiger partial charge in [0.15, 0.2) is 0 Å². The van der Waals surface area contributed by atoms with Crippen LogP contribution in [0.4, 0.5) is 0 Å². The van der Waals surface area contributed by atoms with Gasteiger partial charge in [-0.15, -0.1) is 0 Å². The highest BCUT2D eigenvalue weighted by Crippen LogP contribution is 2.44. The first-order chi connectivity index (χ1) is 12.0. The molecule has 2 atom stereocenters. The summed E-state index contributed by atoms with van der Waals surface area (Å²) in [5.74, 6) is 0.295. The highest BCUT2D eigenvalue weighted by molar-refractivity contribution is 6.30. The number of halogens is 1. The molecular weight excluding hydrogens is 334 g/mol. The van der Waals surface area contributed by atoms with E-state index in [2.05, 4.69) is 4.98 Å². The Hall–Kier alpha value is -2.36. The third kappa shape index (κ3) is 3.53. The highest BCUT2D eigenvalue weighted by atomic mass is 35.5. The number of aliphatic hydroxyl groups is 1. The van der Waals surface area contributed by atoms with E-state index in [0.29, 0.717) is 10.8 Å². The molecule has 128 valence electrons. The summed E-state index contributed by atoms with van der Waals surface area (Å²) < 4.78 is 5.54. The molecule has 3 rings (SSSR count). The SMILES string of the molecule is COc1ccccc1[C@H](c1ccccn1)[C@@](C)(O)c1cccc(Cl)c1. The molecule has 1 heterocycles. The van der Waals surface area contributed by atoms with Gasteiger partial charge in [0.05, 0.1) is 24.3 Å². The average molecular weight is 354 g/mol. The van der Waals surface area contributed by atoms with Crippen molar-refractivity contribution in [3.63, 3.8) is 0 Å². The normalized spacial score (nSPS) is 14.6. The molecule has 0 amide bonds. The van der Waals surface area contributed by atoms with Crippen LogP contribution >= 0.6 is 11.6 Å². The molecule has 0 bridgehead atoms. The van der Waals surface area contributed by atoms with Gasteiger partial charge in [-0.25, -0.2) is 0 Å². The minimum Gasteiger partial charge on any atom is -0.496 e. The number of rotatable bonds is 5. The monoisotopic (exact) mass is 353 g/mol. The molecule has 0 aliphatic heterocycles. The Labute approximate surface area is 152 Å². The van der Waals surface area contributed by atoms with Crippen molar-refractivity contribution in [2.75, 3.05) is 7.11 Å². The van der Waals surface area contributed by atoms with E-state index in [-0.39, 0.29) is 0 Å². The van der Waals surface area contributed by atoms with Gasteiger partial charge in [0.25, 0.3) is 0 Å². The van der Waals surface area contributed by atoms with E-state index in [0.717, 1.165) is 16.8 Å². The molecule has 0 saturated heterocycles. The summed E-state index contributed by atoms with van der Waals surface area (Å²) in [6.45, 7) is 1.78. The van der Waals surface area contributed by atoms with Crippen molar-refractivity contribution >= 4 is 11.6 Å². The van der Waals surface area contributed by atoms with Gasteiger partial charge in [0, 0.05) is 16.8 Å². The Morgan fingerprint density at radius 1 is 1.04 bits per heavy atom. The summed E-state index contributed by atoms with van der Waals surface area (Å²) >= 11 is 6.15. The van der Waals surface area contributed by atoms with Crippen LogP contribution in [0.5, 0.6) is 5.75 Å². The first-order valence-electron chi connectivity index (χ1n) is 8.06. The minimum atomic E-state index is -1.23. The number of para-hydroxylation sites is 1. The average Bonchev–Trinajstić information content (AvgIpc) is 2.63. The maximum absolute atomic E-state index is 11.5. The van der Waals surface area contributed by atoms with E-state index < -0.39 is 11.5 Å². The zero-order chi connectivity index (χ0) is 17.9. The van der Waals surface area contributed by atoms with Crippen LogP contribution < -0.4 is 4.74 Å². The molecule has 0 fully saturated rings. The van der Waals surface area contributed by atoms with Crippen LogP contribution in [0.2, 0.25) is 5.02 Å². The standard InChI is InChI=1S/C21H20ClNO2/c1-21(24,15-8-7-9-16(22)14-15)20(18-11-5-6-13-23-18)17-10-3-4-12-19(17)25-2/h3-14,20,24H,1-2H3/t20-,21+/m1/s1. The van der Waals surface area contributed by atoms with E-state index >= 15 is 0 Å². The number of aromatic nitrogens is 1. The van der Waals surface area contributed by atoms with E-state index in [4.69, 9.17) is 16.3 Å². The largest absolute Gasteiger partial charge is 0.496 e. The molecular formula is C21H20ClNO2. The molecule has 4 heteroatoms. The van der Waals surface area contributed by atoms with Crippen molar-refractivity contribution in [2.45, 2.75) is 18.4 Å². The molecule has 3 aromatic rings. The number of benzene rings is 2. The maximum Gasteiger partial charge on any atom is 0.122 e. The molecule has 0 saturated carbocycles. The van der Waals surface area contributed by atoms with Gasteiger partial charge in [-0.3, -0.25) is 4.98 Å². The van der Waals surface area contributed by atoms with Gasteiger partial charge in [0.2, 0.25) is 0 Å². The summed E-state index contributed by atoms with van der Waals surface area (Å²) in [5, 5.41) is 12.1. The fourth-order valence-corrected chi connectivity index (χ4v) is 3.36. The molecule has 3 nitrogen and oxygen atoms in total. The molecule has 0 aliphatic carbocycles. The molecule has 1 N–H and O–H groups in total. The molecule has 0 radical (unpaired) electrons. The smallest absolute Gasteiger partial charge is 0.122 e. The van der Waals surface area contributed by atoms with Crippen molar-refractivity contribution in [3.8, 4) is 5.75 Å². The fraction of sp³-hybridized carbons (Fsp3) is 0.190. The van der Waals surface area contributed by atoms with E-state index in [1.165, 1.54) is 0 Å². The molecule has 1 aromatic heterocycles. The van der Waals surface area contributed by atoms with Crippen LogP contribution in [0.3, 0.4) is 0 Å². The van der Waals surface area contributed by atoms with Crippen molar-refractivity contribution in [2.24, 2.45) is 0 Å². The van der Waals surface area contributed by atoms with Crippen LogP contribution in [0.25, 0.3) is 0 Å². The Morgan fingerprint density at radius 2 is 1.80 bits per heavy atom. The maximum atomic E-state index is 11.5. The number of hydrogen-bond donors (Lipinski definition) is 1. The van der Waals surface area contributed by atoms with Crippen LogP contribution in [0.1, 0.15) is 29.7 Å². The second-order valence-corrected chi connectivity index (χ2v) is 6.52. The predicted octanol–water partition coefficient (Wildman–Crippen LogP) is 4.78. The van der Waals surface area contributed by atoms with E-state index in [9.17, 15) is 5.11 Å². The lowest BCUT2D eigenvalue weighted by Gasteiger charge is -2.34. The summed E-state index contributed by atoms with van der Waals surface area (Å²) in [6, 6.07) is 20.7. The van der Waals surface area contributed by atoms with Crippen LogP contribution in [-0.2, 0) is 5.60 Å². The van der Waals surface area contributed by atoms with Gasteiger partial charge in [0.1, 0.15) is 5.75 Å². The summed E-state index contributed by atoms with van der Waals surface area (Å²) in [6.07, 6.45) is 1.73. The number of nitrogens with zero attached hydrogens (tertiary/aromatic N) is 1. The van der Waals surface area contributed by atoms with Crippen LogP contribution in [0.15, 0.2) is 72.9 Å². The van der Waals surface area contributed by atoms with E-state index in [1.54, 1.807) is 32.4 Å². The minimum absolute atomic E-state index is 0.414. The quantitative estimate of drug-likeness (QED) is 0.717. The van der Waals surface area contributed by atoms with Crippen molar-refractivity contribution in [1.82, 2.24) is 4.98 Å². The zero-order valence-corrected chi connectivity index (χ0v) is 14.9. The number of ether oxygens (including phenoxy) is 1. The zero-order valence-electron chi connectivity index (χ0n) is 14.2. The second kappa shape index (κ2) is 7.26. The first kappa shape index (κ1) is 17.5.